The average molecular weight is 1710 g/mol. The van der Waals surface area contributed by atoms with Gasteiger partial charge in [0.25, 0.3) is 11.7 Å². The van der Waals surface area contributed by atoms with Gasteiger partial charge in [0.1, 0.15) is 56.5 Å². The number of aryl methyl sites for hydroxylation is 5. The van der Waals surface area contributed by atoms with Crippen LogP contribution in [0.3, 0.4) is 0 Å². The highest BCUT2D eigenvalue weighted by atomic mass is 32.1. The number of alkyl carbamates (subject to hydrolysis) is 2. The first-order valence-electron chi connectivity index (χ1n) is 41.3. The molecule has 640 valence electrons. The highest BCUT2D eigenvalue weighted by Crippen LogP contribution is 2.33. The quantitative estimate of drug-likeness (QED) is 0.0277. The van der Waals surface area contributed by atoms with Gasteiger partial charge < -0.3 is 52.5 Å². The van der Waals surface area contributed by atoms with E-state index in [4.69, 9.17) is 43.1 Å². The first kappa shape index (κ1) is 87.3. The summed E-state index contributed by atoms with van der Waals surface area (Å²) in [6.45, 7) is 0.651. The number of aromatic carboxylic acids is 1. The number of amides is 3. The predicted octanol–water partition coefficient (Wildman–Crippen LogP) is 12.1. The molecule has 32 nitrogen and oxygen atoms in total. The van der Waals surface area contributed by atoms with Gasteiger partial charge in [-0.25, -0.2) is 24.4 Å². The first-order chi connectivity index (χ1) is 61.7. The van der Waals surface area contributed by atoms with Crippen molar-refractivity contribution in [2.45, 2.75) is 127 Å². The topological polar surface area (TPSA) is 444 Å². The van der Waals surface area contributed by atoms with Crippen LogP contribution in [-0.2, 0) is 78.8 Å². The van der Waals surface area contributed by atoms with E-state index in [1.165, 1.54) is 33.4 Å². The Kier molecular flexibility index (Phi) is 30.2. The number of aromatic amines is 2. The van der Waals surface area contributed by atoms with Gasteiger partial charge in [-0.05, 0) is 144 Å². The van der Waals surface area contributed by atoms with Gasteiger partial charge in [0.15, 0.2) is 23.3 Å². The first-order valence-corrected chi connectivity index (χ1v) is 41.7. The van der Waals surface area contributed by atoms with Crippen molar-refractivity contribution in [2.24, 2.45) is 17.2 Å². The number of fused-ring (bicyclic) bond motifs is 13. The molecule has 126 heavy (non-hydrogen) atoms. The highest BCUT2D eigenvalue weighted by molar-refractivity contribution is 7.80. The molecule has 5 atom stereocenters. The van der Waals surface area contributed by atoms with Gasteiger partial charge in [-0.1, -0.05) is 231 Å². The number of aromatic nitrogens is 18. The van der Waals surface area contributed by atoms with Crippen LogP contribution in [0.15, 0.2) is 268 Å². The molecule has 20 rings (SSSR count). The van der Waals surface area contributed by atoms with Gasteiger partial charge in [-0.3, -0.25) is 33.3 Å². The number of carbonyl (C=O) groups excluding carboxylic acids is 4. The Bertz CT molecular complexity index is 6010. The number of benzene rings is 9. The average Bonchev–Trinajstić information content (AvgIpc) is 1.67. The van der Waals surface area contributed by atoms with Gasteiger partial charge in [0.05, 0.1) is 53.0 Å². The van der Waals surface area contributed by atoms with Crippen LogP contribution in [-0.4, -0.2) is 142 Å². The second-order valence-corrected chi connectivity index (χ2v) is 30.4. The van der Waals surface area contributed by atoms with E-state index in [1.54, 1.807) is 25.3 Å². The van der Waals surface area contributed by atoms with Crippen molar-refractivity contribution in [3.8, 4) is 22.7 Å². The van der Waals surface area contributed by atoms with E-state index < -0.39 is 18.2 Å². The molecule has 15 aromatic rings. The lowest BCUT2D eigenvalue weighted by atomic mass is 10.0. The van der Waals surface area contributed by atoms with Crippen LogP contribution in [0.2, 0.25) is 0 Å². The van der Waals surface area contributed by atoms with Crippen molar-refractivity contribution in [1.29, 1.82) is 0 Å². The van der Waals surface area contributed by atoms with Crippen LogP contribution in [0.25, 0.3) is 22.7 Å². The number of ether oxygens (including phenoxy) is 2. The zero-order chi connectivity index (χ0) is 87.4. The summed E-state index contributed by atoms with van der Waals surface area (Å²) in [6.07, 6.45) is 17.3. The number of carboxylic acid groups (broad SMARTS) is 1. The molecule has 5 aliphatic rings. The van der Waals surface area contributed by atoms with E-state index in [2.05, 4.69) is 153 Å². The lowest BCUT2D eigenvalue weighted by Gasteiger charge is -2.17. The maximum Gasteiger partial charge on any atom is 0.408 e. The van der Waals surface area contributed by atoms with Crippen molar-refractivity contribution in [3.05, 3.63) is 370 Å². The maximum atomic E-state index is 12.8. The summed E-state index contributed by atoms with van der Waals surface area (Å²) in [5.41, 5.74) is 32.9. The summed E-state index contributed by atoms with van der Waals surface area (Å²) >= 11 is 5.52. The SMILES string of the molecule is NC1CCc2ccccc2-n2cnnc21.NCC=O.N[C@H]1CCc2ccccc2-n2cnnc21.O=C(NC1CCc2ccccc2-n2cnnc21)OCc1ccccc1.O=C(N[C@H]1CCc2ccccc2-n2cnnc21)c1n[nH]c(Cc2ccccc2)n1.O=C(N[C@H]1CCc2ccccc2CC1=S)OCc1ccccc1.O=C(O)c1n[nH]c(Cc2ccccc2)n1. The van der Waals surface area contributed by atoms with E-state index in [0.29, 0.717) is 36.6 Å². The molecule has 3 amide bonds. The third kappa shape index (κ3) is 23.2. The number of hydrogen-bond donors (Lipinski definition) is 9. The number of aldehydes is 1. The molecule has 1 aliphatic carbocycles. The van der Waals surface area contributed by atoms with Gasteiger partial charge in [0.2, 0.25) is 5.82 Å². The molecule has 0 fully saturated rings. The van der Waals surface area contributed by atoms with Crippen LogP contribution in [0.1, 0.15) is 168 Å². The molecule has 6 aromatic heterocycles. The summed E-state index contributed by atoms with van der Waals surface area (Å²) in [5.74, 6) is 2.85. The highest BCUT2D eigenvalue weighted by Gasteiger charge is 2.30. The maximum absolute atomic E-state index is 12.8. The van der Waals surface area contributed by atoms with Crippen molar-refractivity contribution >= 4 is 47.4 Å². The normalized spacial score (nSPS) is 15.7. The number of hydrogen-bond acceptors (Lipinski definition) is 23. The van der Waals surface area contributed by atoms with E-state index in [-0.39, 0.29) is 67.5 Å². The van der Waals surface area contributed by atoms with E-state index in [0.717, 1.165) is 138 Å². The third-order valence-electron chi connectivity index (χ3n) is 21.3. The zero-order valence-electron chi connectivity index (χ0n) is 68.8. The molecule has 0 saturated carbocycles. The van der Waals surface area contributed by atoms with Gasteiger partial charge in [-0.2, -0.15) is 0 Å². The molecule has 9 aromatic carbocycles. The second kappa shape index (κ2) is 43.6. The molecule has 12 N–H and O–H groups in total. The third-order valence-corrected chi connectivity index (χ3v) is 21.7. The number of thiocarbonyl (C=S) groups is 1. The summed E-state index contributed by atoms with van der Waals surface area (Å²) in [6, 6.07) is 79.4. The Morgan fingerprint density at radius 2 is 0.730 bits per heavy atom. The Balaban J connectivity index is 0.000000124. The predicted molar refractivity (Wildman–Crippen MR) is 473 cm³/mol. The number of nitrogens with zero attached hydrogens (tertiary/aromatic N) is 16. The minimum atomic E-state index is -1.12. The number of nitrogens with one attached hydrogen (secondary N) is 5. The summed E-state index contributed by atoms with van der Waals surface area (Å²) in [7, 11) is 0. The fraction of sp³-hybridized carbons (Fsp3) is 0.226. The number of H-pyrrole nitrogens is 2. The molecule has 0 spiro atoms. The number of rotatable bonds is 14. The monoisotopic (exact) mass is 1710 g/mol. The van der Waals surface area contributed by atoms with Crippen LogP contribution in [0.4, 0.5) is 9.59 Å². The Morgan fingerprint density at radius 3 is 1.13 bits per heavy atom. The number of carboxylic acids is 1. The van der Waals surface area contributed by atoms with Crippen molar-refractivity contribution in [1.82, 2.24) is 105 Å². The van der Waals surface area contributed by atoms with E-state index in [1.807, 2.05) is 200 Å². The smallest absolute Gasteiger partial charge is 0.408 e. The minimum absolute atomic E-state index is 0.0140. The molecule has 0 bridgehead atoms. The number of nitrogens with two attached hydrogens (primary N) is 3. The Labute approximate surface area is 730 Å². The van der Waals surface area contributed by atoms with Crippen LogP contribution in [0, 0.1) is 0 Å². The van der Waals surface area contributed by atoms with Crippen LogP contribution in [0.5, 0.6) is 0 Å². The van der Waals surface area contributed by atoms with Crippen LogP contribution >= 0.6 is 12.2 Å². The van der Waals surface area contributed by atoms with Crippen molar-refractivity contribution in [3.63, 3.8) is 0 Å². The van der Waals surface area contributed by atoms with Crippen molar-refractivity contribution < 1.29 is 38.6 Å². The molecular weight excluding hydrogens is 1610 g/mol. The fourth-order valence-electron chi connectivity index (χ4n) is 15.0. The van der Waals surface area contributed by atoms with E-state index in [9.17, 15) is 19.2 Å². The molecule has 2 unspecified atom stereocenters. The lowest BCUT2D eigenvalue weighted by Crippen LogP contribution is -2.40. The number of para-hydroxylation sites is 4. The van der Waals surface area contributed by atoms with E-state index >= 15 is 0 Å². The molecule has 33 heteroatoms. The Morgan fingerprint density at radius 1 is 0.413 bits per heavy atom. The molecule has 0 radical (unpaired) electrons. The minimum Gasteiger partial charge on any atom is -0.475 e. The number of carbonyl (C=O) groups is 5. The molecule has 0 saturated heterocycles. The van der Waals surface area contributed by atoms with Crippen LogP contribution < -0.4 is 33.2 Å². The lowest BCUT2D eigenvalue weighted by molar-refractivity contribution is -0.106. The summed E-state index contributed by atoms with van der Waals surface area (Å²) < 4.78 is 18.5. The zero-order valence-corrected chi connectivity index (χ0v) is 69.6. The fourth-order valence-corrected chi connectivity index (χ4v) is 15.3. The molecular formula is C93H94N24O8S. The standard InChI is InChI=1S/C21H19N7O.C19H18N4O2.C19H19NO2S.2C11H12N4.C10H9N3O2.C2H5NO/c29-21(19-24-18(25-26-19)12-14-6-2-1-3-7-14)23-16-11-10-15-8-4-5-9-17(15)28-13-22-27-20(16)28;24-19(25-12-14-6-2-1-3-7-14)21-16-11-10-15-8-4-5-9-17(15)23-13-20-22-18(16)23;21-19(22-13-14-6-2-1-3-7-14)20-17-11-10-15-8-4-5-9-16(15)12-18(17)23;2*12-9-6-5-8-3-1-2-4-10(8)15-7-13-14-11(9)15;14-10(15)9-11-8(12-13-9)6-7-4-2-1-3-5-7;3-1-2-4/h1-9,13,16H,10-12H2,(H,23,29)(H,24,25,26);1-9,13,16H,10-12H2,(H,21,24);1-9,17H,10-13H2,(H,20,21);2*1-4,7,9H,5-6,12H2;1-5H,6H2,(H,14,15)(H,11,12,13);2H,1,3H2/t16-;;17-;9-;;;/m0.00.../s1. The molecule has 10 heterocycles. The van der Waals surface area contributed by atoms with Gasteiger partial charge in [0, 0.05) is 30.7 Å². The Hall–Kier alpha value is -15.1. The molecule has 4 aliphatic heterocycles. The van der Waals surface area contributed by atoms with Gasteiger partial charge >= 0.3 is 18.2 Å². The summed E-state index contributed by atoms with van der Waals surface area (Å²) in [5, 5.41) is 63.2. The van der Waals surface area contributed by atoms with Gasteiger partial charge in [-0.15, -0.1) is 51.0 Å². The van der Waals surface area contributed by atoms with Crippen molar-refractivity contribution in [2.75, 3.05) is 6.54 Å². The second-order valence-electron chi connectivity index (χ2n) is 29.9. The largest absolute Gasteiger partial charge is 0.475 e. The summed E-state index contributed by atoms with van der Waals surface area (Å²) in [4.78, 5) is 65.6.